The van der Waals surface area contributed by atoms with Gasteiger partial charge in [-0.05, 0) is 38.7 Å². The normalized spacial score (nSPS) is 18.2. The Morgan fingerprint density at radius 2 is 2.24 bits per heavy atom. The van der Waals surface area contributed by atoms with Crippen LogP contribution in [0.15, 0.2) is 39.3 Å². The molecule has 0 saturated heterocycles. The molecule has 2 rings (SSSR count). The second kappa shape index (κ2) is 8.64. The van der Waals surface area contributed by atoms with Crippen molar-refractivity contribution in [1.82, 2.24) is 14.6 Å². The Balaban J connectivity index is 2.22. The lowest BCUT2D eigenvalue weighted by molar-refractivity contribution is 0.409. The van der Waals surface area contributed by atoms with Crippen LogP contribution in [0, 0.1) is 5.92 Å². The van der Waals surface area contributed by atoms with Crippen molar-refractivity contribution in [3.63, 3.8) is 0 Å². The second-order valence-corrected chi connectivity index (χ2v) is 8.21. The van der Waals surface area contributed by atoms with Crippen molar-refractivity contribution in [2.75, 3.05) is 33.7 Å². The van der Waals surface area contributed by atoms with Crippen molar-refractivity contribution in [1.29, 1.82) is 0 Å². The minimum atomic E-state index is -3.79. The van der Waals surface area contributed by atoms with E-state index in [1.807, 2.05) is 25.2 Å². The average Bonchev–Trinajstić information content (AvgIpc) is 3.02. The van der Waals surface area contributed by atoms with E-state index in [0.717, 1.165) is 6.42 Å². The molecule has 0 bridgehead atoms. The van der Waals surface area contributed by atoms with Gasteiger partial charge in [-0.2, -0.15) is 5.10 Å². The number of nitrogens with zero attached hydrogens (tertiary/aromatic N) is 4. The number of rotatable bonds is 6. The third-order valence-electron chi connectivity index (χ3n) is 3.73. The molecule has 0 spiro atoms. The summed E-state index contributed by atoms with van der Waals surface area (Å²) in [4.78, 5) is 6.49. The number of benzene rings is 1. The summed E-state index contributed by atoms with van der Waals surface area (Å²) >= 11 is 5.91. The second-order valence-electron chi connectivity index (χ2n) is 6.09. The highest BCUT2D eigenvalue weighted by Gasteiger charge is 2.25. The Morgan fingerprint density at radius 1 is 1.48 bits per heavy atom. The number of hydrogen-bond donors (Lipinski definition) is 1. The maximum atomic E-state index is 12.7. The summed E-state index contributed by atoms with van der Waals surface area (Å²) in [5, 5.41) is 6.26. The van der Waals surface area contributed by atoms with E-state index in [1.165, 1.54) is 12.1 Å². The first-order valence-corrected chi connectivity index (χ1v) is 9.97. The first-order valence-electron chi connectivity index (χ1n) is 8.11. The molecule has 7 nitrogen and oxygen atoms in total. The molecule has 1 N–H and O–H groups in total. The molecule has 1 unspecified atom stereocenters. The molecule has 1 aliphatic rings. The summed E-state index contributed by atoms with van der Waals surface area (Å²) in [5.41, 5.74) is 0. The standard InChI is InChI=1S/C16H24ClN5O2S/c1-4-13-11-19-22(12-13)16(18-8-9-21(2)3)20-25(23,24)15-7-5-6-14(17)10-15/h5-7,10-11,13H,4,8-9,12H2,1-3H3,(H,18,20). The summed E-state index contributed by atoms with van der Waals surface area (Å²) < 4.78 is 27.9. The maximum Gasteiger partial charge on any atom is 0.264 e. The van der Waals surface area contributed by atoms with Crippen LogP contribution >= 0.6 is 11.6 Å². The van der Waals surface area contributed by atoms with Crippen molar-refractivity contribution >= 4 is 33.8 Å². The molecule has 0 saturated carbocycles. The third kappa shape index (κ3) is 5.69. The molecule has 0 radical (unpaired) electrons. The minimum Gasteiger partial charge on any atom is -0.308 e. The monoisotopic (exact) mass is 385 g/mol. The van der Waals surface area contributed by atoms with Crippen LogP contribution in [0.3, 0.4) is 0 Å². The SMILES string of the molecule is CCC1C=NN(C(=NCCN(C)C)NS(=O)(=O)c2cccc(Cl)c2)C1. The van der Waals surface area contributed by atoms with E-state index in [1.54, 1.807) is 17.1 Å². The summed E-state index contributed by atoms with van der Waals surface area (Å²) in [6, 6.07) is 6.13. The Kier molecular flexibility index (Phi) is 6.80. The Morgan fingerprint density at radius 3 is 2.84 bits per heavy atom. The summed E-state index contributed by atoms with van der Waals surface area (Å²) in [6.45, 7) is 3.84. The van der Waals surface area contributed by atoms with Crippen LogP contribution in [0.25, 0.3) is 0 Å². The molecule has 1 aliphatic heterocycles. The van der Waals surface area contributed by atoms with Crippen molar-refractivity contribution in [2.45, 2.75) is 18.2 Å². The zero-order valence-electron chi connectivity index (χ0n) is 14.7. The number of hydrazone groups is 1. The molecular formula is C16H24ClN5O2S. The van der Waals surface area contributed by atoms with Gasteiger partial charge in [0.2, 0.25) is 5.96 Å². The van der Waals surface area contributed by atoms with Crippen LogP contribution < -0.4 is 4.72 Å². The van der Waals surface area contributed by atoms with Crippen LogP contribution in [0.1, 0.15) is 13.3 Å². The van der Waals surface area contributed by atoms with E-state index in [9.17, 15) is 8.42 Å². The number of halogens is 1. The molecule has 1 atom stereocenters. The average molecular weight is 386 g/mol. The Labute approximate surface area is 154 Å². The maximum absolute atomic E-state index is 12.7. The number of sulfonamides is 1. The number of hydrogen-bond acceptors (Lipinski definition) is 5. The topological polar surface area (TPSA) is 77.4 Å². The van der Waals surface area contributed by atoms with Crippen molar-refractivity contribution in [2.24, 2.45) is 16.0 Å². The van der Waals surface area contributed by atoms with Gasteiger partial charge in [0.05, 0.1) is 18.0 Å². The largest absolute Gasteiger partial charge is 0.308 e. The van der Waals surface area contributed by atoms with Gasteiger partial charge in [0.15, 0.2) is 0 Å². The number of guanidine groups is 1. The fourth-order valence-electron chi connectivity index (χ4n) is 2.20. The van der Waals surface area contributed by atoms with Crippen molar-refractivity contribution in [3.05, 3.63) is 29.3 Å². The van der Waals surface area contributed by atoms with Crippen LogP contribution in [0.5, 0.6) is 0 Å². The van der Waals surface area contributed by atoms with E-state index < -0.39 is 10.0 Å². The number of likely N-dealkylation sites (N-methyl/N-ethyl adjacent to an activating group) is 1. The molecule has 9 heteroatoms. The van der Waals surface area contributed by atoms with Crippen LogP contribution in [-0.2, 0) is 10.0 Å². The van der Waals surface area contributed by atoms with Gasteiger partial charge in [0, 0.05) is 23.7 Å². The van der Waals surface area contributed by atoms with E-state index in [2.05, 4.69) is 21.7 Å². The minimum absolute atomic E-state index is 0.0931. The van der Waals surface area contributed by atoms with Gasteiger partial charge in [-0.15, -0.1) is 0 Å². The fourth-order valence-corrected chi connectivity index (χ4v) is 3.53. The van der Waals surface area contributed by atoms with E-state index in [0.29, 0.717) is 24.7 Å². The summed E-state index contributed by atoms with van der Waals surface area (Å²) in [5.74, 6) is 0.517. The van der Waals surface area contributed by atoms with Gasteiger partial charge in [-0.3, -0.25) is 0 Å². The van der Waals surface area contributed by atoms with Crippen molar-refractivity contribution in [3.8, 4) is 0 Å². The molecule has 1 heterocycles. The predicted octanol–water partition coefficient (Wildman–Crippen LogP) is 1.86. The molecule has 0 aromatic heterocycles. The highest BCUT2D eigenvalue weighted by molar-refractivity contribution is 7.90. The Hall–Kier alpha value is -1.64. The van der Waals surface area contributed by atoms with Gasteiger partial charge in [0.1, 0.15) is 0 Å². The first kappa shape index (κ1) is 19.7. The lowest BCUT2D eigenvalue weighted by atomic mass is 10.1. The molecule has 0 fully saturated rings. The van der Waals surface area contributed by atoms with Crippen LogP contribution in [-0.4, -0.2) is 64.2 Å². The van der Waals surface area contributed by atoms with Gasteiger partial charge in [-0.1, -0.05) is 24.6 Å². The zero-order chi connectivity index (χ0) is 18.4. The van der Waals surface area contributed by atoms with Gasteiger partial charge in [0.25, 0.3) is 10.0 Å². The number of aliphatic imine (C=N–C) groups is 1. The molecular weight excluding hydrogens is 362 g/mol. The molecule has 0 amide bonds. The Bertz CT molecular complexity index is 749. The van der Waals surface area contributed by atoms with E-state index in [4.69, 9.17) is 11.6 Å². The lowest BCUT2D eigenvalue weighted by Crippen LogP contribution is -2.42. The first-order chi connectivity index (χ1) is 11.8. The van der Waals surface area contributed by atoms with Crippen LogP contribution in [0.2, 0.25) is 5.02 Å². The quantitative estimate of drug-likeness (QED) is 0.599. The fraction of sp³-hybridized carbons (Fsp3) is 0.500. The van der Waals surface area contributed by atoms with E-state index >= 15 is 0 Å². The third-order valence-corrected chi connectivity index (χ3v) is 5.29. The molecule has 25 heavy (non-hydrogen) atoms. The van der Waals surface area contributed by atoms with Crippen LogP contribution in [0.4, 0.5) is 0 Å². The highest BCUT2D eigenvalue weighted by atomic mass is 35.5. The van der Waals surface area contributed by atoms with Gasteiger partial charge < -0.3 is 4.90 Å². The predicted molar refractivity (Wildman–Crippen MR) is 102 cm³/mol. The van der Waals surface area contributed by atoms with E-state index in [-0.39, 0.29) is 16.8 Å². The van der Waals surface area contributed by atoms with Gasteiger partial charge >= 0.3 is 0 Å². The van der Waals surface area contributed by atoms with Crippen molar-refractivity contribution < 1.29 is 8.42 Å². The summed E-state index contributed by atoms with van der Waals surface area (Å²) in [6.07, 6.45) is 2.77. The molecule has 1 aromatic rings. The van der Waals surface area contributed by atoms with Gasteiger partial charge in [-0.25, -0.2) is 23.1 Å². The molecule has 0 aliphatic carbocycles. The lowest BCUT2D eigenvalue weighted by Gasteiger charge is -2.20. The molecule has 1 aromatic carbocycles. The smallest absolute Gasteiger partial charge is 0.264 e. The highest BCUT2D eigenvalue weighted by Crippen LogP contribution is 2.17. The molecule has 138 valence electrons. The number of nitrogens with one attached hydrogen (secondary N) is 1. The zero-order valence-corrected chi connectivity index (χ0v) is 16.3. The summed E-state index contributed by atoms with van der Waals surface area (Å²) in [7, 11) is 0.0852.